The first-order chi connectivity index (χ1) is 10.1. The van der Waals surface area contributed by atoms with Crippen LogP contribution >= 0.6 is 11.6 Å². The molecule has 0 aliphatic heterocycles. The topological polar surface area (TPSA) is 29.9 Å². The molecule has 0 aliphatic carbocycles. The zero-order valence-corrected chi connectivity index (χ0v) is 12.1. The van der Waals surface area contributed by atoms with E-state index in [1.807, 2.05) is 48.0 Å². The van der Waals surface area contributed by atoms with Gasteiger partial charge in [0.25, 0.3) is 0 Å². The van der Waals surface area contributed by atoms with Crippen molar-refractivity contribution in [3.63, 3.8) is 0 Å². The third kappa shape index (κ3) is 2.76. The monoisotopic (exact) mass is 301 g/mol. The maximum atomic E-state index is 13.9. The van der Waals surface area contributed by atoms with Crippen molar-refractivity contribution in [1.29, 1.82) is 0 Å². The number of hydrogen-bond acceptors (Lipinski definition) is 2. The van der Waals surface area contributed by atoms with Gasteiger partial charge < -0.3 is 5.32 Å². The van der Waals surface area contributed by atoms with Crippen LogP contribution in [0.1, 0.15) is 5.69 Å². The largest absolute Gasteiger partial charge is 0.322 e. The fourth-order valence-corrected chi connectivity index (χ4v) is 2.31. The number of rotatable bonds is 3. The van der Waals surface area contributed by atoms with Crippen molar-refractivity contribution in [1.82, 2.24) is 9.55 Å². The SMILES string of the molecule is Cc1cn(-c2ccccc2)c(Nc2c(F)cccc2Cl)n1. The van der Waals surface area contributed by atoms with Gasteiger partial charge in [0.15, 0.2) is 0 Å². The summed E-state index contributed by atoms with van der Waals surface area (Å²) < 4.78 is 15.8. The van der Waals surface area contributed by atoms with Crippen LogP contribution in [-0.4, -0.2) is 9.55 Å². The Labute approximate surface area is 127 Å². The Balaban J connectivity index is 2.04. The van der Waals surface area contributed by atoms with Crippen LogP contribution < -0.4 is 5.32 Å². The van der Waals surface area contributed by atoms with Crippen LogP contribution in [0.25, 0.3) is 5.69 Å². The molecule has 0 unspecified atom stereocenters. The quantitative estimate of drug-likeness (QED) is 0.759. The lowest BCUT2D eigenvalue weighted by Gasteiger charge is -2.11. The molecule has 3 nitrogen and oxygen atoms in total. The van der Waals surface area contributed by atoms with Gasteiger partial charge in [0.2, 0.25) is 5.95 Å². The number of nitrogens with zero attached hydrogens (tertiary/aromatic N) is 2. The summed E-state index contributed by atoms with van der Waals surface area (Å²) in [7, 11) is 0. The van der Waals surface area contributed by atoms with Crippen molar-refractivity contribution >= 4 is 23.2 Å². The Morgan fingerprint density at radius 1 is 1.10 bits per heavy atom. The lowest BCUT2D eigenvalue weighted by molar-refractivity contribution is 0.631. The van der Waals surface area contributed by atoms with E-state index in [0.29, 0.717) is 11.0 Å². The van der Waals surface area contributed by atoms with E-state index < -0.39 is 5.82 Å². The van der Waals surface area contributed by atoms with Gasteiger partial charge in [0.1, 0.15) is 5.82 Å². The average molecular weight is 302 g/mol. The van der Waals surface area contributed by atoms with Gasteiger partial charge in [0.05, 0.1) is 16.4 Å². The summed E-state index contributed by atoms with van der Waals surface area (Å²) in [6.07, 6.45) is 1.88. The molecule has 0 fully saturated rings. The van der Waals surface area contributed by atoms with Crippen molar-refractivity contribution < 1.29 is 4.39 Å². The molecule has 0 saturated carbocycles. The summed E-state index contributed by atoms with van der Waals surface area (Å²) in [4.78, 5) is 4.39. The fourth-order valence-electron chi connectivity index (χ4n) is 2.10. The molecule has 106 valence electrons. The number of para-hydroxylation sites is 2. The Kier molecular flexibility index (Phi) is 3.62. The van der Waals surface area contributed by atoms with Crippen LogP contribution in [0.3, 0.4) is 0 Å². The normalized spacial score (nSPS) is 10.6. The Hall–Kier alpha value is -2.33. The van der Waals surface area contributed by atoms with Crippen LogP contribution in [0.4, 0.5) is 16.0 Å². The molecule has 0 amide bonds. The zero-order chi connectivity index (χ0) is 14.8. The molecule has 1 aromatic heterocycles. The van der Waals surface area contributed by atoms with E-state index in [1.165, 1.54) is 6.07 Å². The molecule has 0 atom stereocenters. The molecular formula is C16H13ClFN3. The molecule has 2 aromatic carbocycles. The fraction of sp³-hybridized carbons (Fsp3) is 0.0625. The van der Waals surface area contributed by atoms with E-state index in [1.54, 1.807) is 12.1 Å². The summed E-state index contributed by atoms with van der Waals surface area (Å²) >= 11 is 6.05. The first kappa shape index (κ1) is 13.6. The minimum absolute atomic E-state index is 0.224. The summed E-state index contributed by atoms with van der Waals surface area (Å²) in [5.74, 6) is 0.105. The Morgan fingerprint density at radius 3 is 2.57 bits per heavy atom. The van der Waals surface area contributed by atoms with Crippen LogP contribution in [0.2, 0.25) is 5.02 Å². The molecule has 0 saturated heterocycles. The highest BCUT2D eigenvalue weighted by molar-refractivity contribution is 6.33. The highest BCUT2D eigenvalue weighted by Crippen LogP contribution is 2.28. The standard InChI is InChI=1S/C16H13ClFN3/c1-11-10-21(12-6-3-2-4-7-12)16(19-11)20-15-13(17)8-5-9-14(15)18/h2-10H,1H3,(H,19,20). The average Bonchev–Trinajstić information content (AvgIpc) is 2.85. The van der Waals surface area contributed by atoms with Crippen molar-refractivity contribution in [3.05, 3.63) is 71.3 Å². The first-order valence-electron chi connectivity index (χ1n) is 6.47. The number of benzene rings is 2. The molecule has 0 spiro atoms. The zero-order valence-electron chi connectivity index (χ0n) is 11.3. The molecule has 0 bridgehead atoms. The second-order valence-electron chi connectivity index (χ2n) is 4.63. The lowest BCUT2D eigenvalue weighted by atomic mass is 10.3. The number of imidazole rings is 1. The van der Waals surface area contributed by atoms with Gasteiger partial charge in [-0.25, -0.2) is 9.37 Å². The molecule has 3 aromatic rings. The van der Waals surface area contributed by atoms with Crippen LogP contribution in [0.5, 0.6) is 0 Å². The van der Waals surface area contributed by atoms with Crippen molar-refractivity contribution in [3.8, 4) is 5.69 Å². The number of hydrogen-bond donors (Lipinski definition) is 1. The van der Waals surface area contributed by atoms with Gasteiger partial charge in [-0.05, 0) is 31.2 Å². The van der Waals surface area contributed by atoms with E-state index in [2.05, 4.69) is 10.3 Å². The molecule has 3 rings (SSSR count). The van der Waals surface area contributed by atoms with Crippen molar-refractivity contribution in [2.45, 2.75) is 6.92 Å². The van der Waals surface area contributed by atoms with Crippen LogP contribution in [-0.2, 0) is 0 Å². The molecule has 0 aliphatic rings. The van der Waals surface area contributed by atoms with E-state index in [0.717, 1.165) is 11.4 Å². The highest BCUT2D eigenvalue weighted by Gasteiger charge is 2.12. The molecule has 5 heteroatoms. The summed E-state index contributed by atoms with van der Waals surface area (Å²) in [6, 6.07) is 14.3. The second kappa shape index (κ2) is 5.58. The van der Waals surface area contributed by atoms with Gasteiger partial charge >= 0.3 is 0 Å². The molecular weight excluding hydrogens is 289 g/mol. The third-order valence-electron chi connectivity index (χ3n) is 3.06. The van der Waals surface area contributed by atoms with E-state index >= 15 is 0 Å². The maximum Gasteiger partial charge on any atom is 0.212 e. The lowest BCUT2D eigenvalue weighted by Crippen LogP contribution is -2.03. The number of nitrogens with one attached hydrogen (secondary N) is 1. The van der Waals surface area contributed by atoms with E-state index in [4.69, 9.17) is 11.6 Å². The number of halogens is 2. The number of anilines is 2. The van der Waals surface area contributed by atoms with E-state index in [9.17, 15) is 4.39 Å². The summed E-state index contributed by atoms with van der Waals surface area (Å²) in [6.45, 7) is 1.88. The molecule has 0 radical (unpaired) electrons. The molecule has 1 heterocycles. The van der Waals surface area contributed by atoms with Gasteiger partial charge in [-0.3, -0.25) is 4.57 Å². The van der Waals surface area contributed by atoms with Crippen LogP contribution in [0.15, 0.2) is 54.7 Å². The first-order valence-corrected chi connectivity index (χ1v) is 6.85. The van der Waals surface area contributed by atoms with E-state index in [-0.39, 0.29) is 5.69 Å². The van der Waals surface area contributed by atoms with Crippen LogP contribution in [0, 0.1) is 12.7 Å². The predicted molar refractivity (Wildman–Crippen MR) is 83.0 cm³/mol. The smallest absolute Gasteiger partial charge is 0.212 e. The Bertz CT molecular complexity index is 748. The van der Waals surface area contributed by atoms with Gasteiger partial charge in [0, 0.05) is 11.9 Å². The minimum Gasteiger partial charge on any atom is -0.322 e. The van der Waals surface area contributed by atoms with Gasteiger partial charge in [-0.2, -0.15) is 0 Å². The number of aryl methyl sites for hydroxylation is 1. The minimum atomic E-state index is -0.414. The number of aromatic nitrogens is 2. The third-order valence-corrected chi connectivity index (χ3v) is 3.38. The van der Waals surface area contributed by atoms with Crippen molar-refractivity contribution in [2.24, 2.45) is 0 Å². The second-order valence-corrected chi connectivity index (χ2v) is 5.04. The summed E-state index contributed by atoms with van der Waals surface area (Å²) in [5.41, 5.74) is 1.99. The molecule has 21 heavy (non-hydrogen) atoms. The maximum absolute atomic E-state index is 13.9. The van der Waals surface area contributed by atoms with Gasteiger partial charge in [-0.1, -0.05) is 35.9 Å². The van der Waals surface area contributed by atoms with Gasteiger partial charge in [-0.15, -0.1) is 0 Å². The Morgan fingerprint density at radius 2 is 1.86 bits per heavy atom. The molecule has 1 N–H and O–H groups in total. The van der Waals surface area contributed by atoms with Crippen molar-refractivity contribution in [2.75, 3.05) is 5.32 Å². The predicted octanol–water partition coefficient (Wildman–Crippen LogP) is 4.72. The highest BCUT2D eigenvalue weighted by atomic mass is 35.5. The summed E-state index contributed by atoms with van der Waals surface area (Å²) in [5, 5.41) is 3.29.